The van der Waals surface area contributed by atoms with E-state index in [1.54, 1.807) is 0 Å². The summed E-state index contributed by atoms with van der Waals surface area (Å²) in [6, 6.07) is 43.4. The van der Waals surface area contributed by atoms with Crippen molar-refractivity contribution < 1.29 is 30.6 Å². The summed E-state index contributed by atoms with van der Waals surface area (Å²) in [4.78, 5) is 9.95. The number of pyridine rings is 1. The Morgan fingerprint density at radius 1 is 0.596 bits per heavy atom. The molecule has 0 saturated heterocycles. The first-order valence-electron chi connectivity index (χ1n) is 17.6. The van der Waals surface area contributed by atoms with Crippen LogP contribution in [0.25, 0.3) is 56.1 Å². The molecule has 0 amide bonds. The minimum atomic E-state index is -0.276. The molecule has 0 radical (unpaired) electrons. The standard InChI is InChI=1S/C47H45N2O2.Pt/c1-45(2,3)36-27-38(43(50)39(28-36)46(4,5)6)44-49-42-37(20-15-21-41(42)51-44)32-24-31(30-16-11-9-12-17-30)25-33(26-32)40-29-35(22-23-48-40)47(7,8)34-18-13-10-14-19-34;/h9-25,27-29,50H,1-8H3;/q-1;. The van der Waals surface area contributed by atoms with Crippen LogP contribution in [0, 0.1) is 6.07 Å². The quantitative estimate of drug-likeness (QED) is 0.169. The summed E-state index contributed by atoms with van der Waals surface area (Å²) in [7, 11) is 0. The van der Waals surface area contributed by atoms with Gasteiger partial charge in [-0.3, -0.25) is 4.98 Å². The Balaban J connectivity index is 0.00000464. The van der Waals surface area contributed by atoms with E-state index >= 15 is 0 Å². The molecule has 0 atom stereocenters. The van der Waals surface area contributed by atoms with E-state index in [1.807, 2.05) is 30.5 Å². The number of aromatic hydroxyl groups is 1. The normalized spacial score (nSPS) is 12.2. The zero-order chi connectivity index (χ0) is 36.1. The number of para-hydroxylation sites is 1. The Labute approximate surface area is 322 Å². The third kappa shape index (κ3) is 7.14. The Morgan fingerprint density at radius 3 is 1.94 bits per heavy atom. The van der Waals surface area contributed by atoms with Crippen LogP contribution >= 0.6 is 0 Å². The van der Waals surface area contributed by atoms with Gasteiger partial charge in [0.15, 0.2) is 0 Å². The summed E-state index contributed by atoms with van der Waals surface area (Å²) in [5.41, 5.74) is 11.4. The average molecular weight is 865 g/mol. The number of rotatable bonds is 6. The van der Waals surface area contributed by atoms with Gasteiger partial charge in [-0.15, -0.1) is 23.8 Å². The Kier molecular flexibility index (Phi) is 9.94. The fourth-order valence-corrected chi connectivity index (χ4v) is 6.72. The van der Waals surface area contributed by atoms with Gasteiger partial charge in [0.25, 0.3) is 0 Å². The smallest absolute Gasteiger partial charge is 0.230 e. The Morgan fingerprint density at radius 2 is 1.27 bits per heavy atom. The summed E-state index contributed by atoms with van der Waals surface area (Å²) in [6.07, 6.45) is 1.90. The molecule has 0 fully saturated rings. The van der Waals surface area contributed by atoms with Crippen molar-refractivity contribution in [3.63, 3.8) is 0 Å². The molecular formula is C47H45N2O2Pt-. The first kappa shape index (κ1) is 37.0. The predicted octanol–water partition coefficient (Wildman–Crippen LogP) is 12.3. The van der Waals surface area contributed by atoms with Crippen molar-refractivity contribution in [2.45, 2.75) is 71.6 Å². The SMILES string of the molecule is CC(C)(C)c1cc(-c2nc3c(-c4[c-]c(-c5cc(C(C)(C)c6ccccc6)ccn5)cc(-c5ccccc5)c4)cccc3o2)c(O)c(C(C)(C)C)c1.[Pt]. The number of nitrogens with zero attached hydrogens (tertiary/aromatic N) is 2. The van der Waals surface area contributed by atoms with E-state index in [-0.39, 0.29) is 43.1 Å². The molecule has 4 nitrogen and oxygen atoms in total. The molecule has 0 bridgehead atoms. The van der Waals surface area contributed by atoms with Crippen molar-refractivity contribution in [3.05, 3.63) is 150 Å². The number of oxazole rings is 1. The second-order valence-electron chi connectivity index (χ2n) is 16.1. The molecule has 7 aromatic rings. The third-order valence-corrected chi connectivity index (χ3v) is 9.95. The van der Waals surface area contributed by atoms with Gasteiger partial charge in [-0.1, -0.05) is 157 Å². The number of aromatic nitrogens is 2. The van der Waals surface area contributed by atoms with Gasteiger partial charge in [-0.05, 0) is 51.3 Å². The Bertz CT molecular complexity index is 2360. The van der Waals surface area contributed by atoms with Crippen molar-refractivity contribution in [1.82, 2.24) is 9.97 Å². The number of fused-ring (bicyclic) bond motifs is 1. The molecule has 1 N–H and O–H groups in total. The predicted molar refractivity (Wildman–Crippen MR) is 210 cm³/mol. The summed E-state index contributed by atoms with van der Waals surface area (Å²) in [5, 5.41) is 11.6. The summed E-state index contributed by atoms with van der Waals surface area (Å²) in [6.45, 7) is 17.4. The fourth-order valence-electron chi connectivity index (χ4n) is 6.72. The van der Waals surface area contributed by atoms with Crippen LogP contribution in [0.3, 0.4) is 0 Å². The molecular weight excluding hydrogens is 820 g/mol. The molecule has 0 saturated carbocycles. The first-order valence-corrected chi connectivity index (χ1v) is 17.6. The topological polar surface area (TPSA) is 59.2 Å². The van der Waals surface area contributed by atoms with Crippen molar-refractivity contribution in [3.8, 4) is 50.7 Å². The van der Waals surface area contributed by atoms with Crippen molar-refractivity contribution >= 4 is 11.1 Å². The van der Waals surface area contributed by atoms with Crippen LogP contribution in [0.2, 0.25) is 0 Å². The molecule has 5 heteroatoms. The van der Waals surface area contributed by atoms with Crippen LogP contribution in [-0.2, 0) is 37.3 Å². The van der Waals surface area contributed by atoms with E-state index in [4.69, 9.17) is 14.4 Å². The van der Waals surface area contributed by atoms with E-state index in [2.05, 4.69) is 152 Å². The number of hydrogen-bond acceptors (Lipinski definition) is 4. The van der Waals surface area contributed by atoms with E-state index in [9.17, 15) is 5.11 Å². The van der Waals surface area contributed by atoms with Gasteiger partial charge in [-0.25, -0.2) is 4.98 Å². The maximum atomic E-state index is 11.6. The van der Waals surface area contributed by atoms with Crippen molar-refractivity contribution in [2.75, 3.05) is 0 Å². The molecule has 52 heavy (non-hydrogen) atoms. The van der Waals surface area contributed by atoms with Crippen LogP contribution in [0.15, 0.2) is 126 Å². The van der Waals surface area contributed by atoms with Gasteiger partial charge >= 0.3 is 0 Å². The number of phenols is 1. The summed E-state index contributed by atoms with van der Waals surface area (Å²) in [5.74, 6) is 0.594. The van der Waals surface area contributed by atoms with Gasteiger partial charge in [0, 0.05) is 43.9 Å². The molecule has 2 aromatic heterocycles. The van der Waals surface area contributed by atoms with Gasteiger partial charge < -0.3 is 9.52 Å². The van der Waals surface area contributed by atoms with Gasteiger partial charge in [0.05, 0.1) is 11.1 Å². The van der Waals surface area contributed by atoms with Crippen molar-refractivity contribution in [2.24, 2.45) is 0 Å². The number of benzene rings is 5. The largest absolute Gasteiger partial charge is 0.507 e. The van der Waals surface area contributed by atoms with E-state index in [0.29, 0.717) is 22.6 Å². The van der Waals surface area contributed by atoms with Crippen LogP contribution in [0.1, 0.15) is 77.6 Å². The monoisotopic (exact) mass is 864 g/mol. The second-order valence-corrected chi connectivity index (χ2v) is 16.1. The van der Waals surface area contributed by atoms with Gasteiger partial charge in [-0.2, -0.15) is 0 Å². The van der Waals surface area contributed by atoms with Crippen LogP contribution in [0.4, 0.5) is 0 Å². The maximum Gasteiger partial charge on any atom is 0.230 e. The molecule has 0 spiro atoms. The van der Waals surface area contributed by atoms with E-state index in [1.165, 1.54) is 11.1 Å². The number of phenolic OH excluding ortho intramolecular Hbond substituents is 1. The Hall–Kier alpha value is -4.79. The molecule has 0 aliphatic carbocycles. The molecule has 0 aliphatic heterocycles. The van der Waals surface area contributed by atoms with Crippen LogP contribution in [0.5, 0.6) is 5.75 Å². The maximum absolute atomic E-state index is 11.6. The summed E-state index contributed by atoms with van der Waals surface area (Å²) >= 11 is 0. The average Bonchev–Trinajstić information content (AvgIpc) is 3.56. The molecule has 0 unspecified atom stereocenters. The van der Waals surface area contributed by atoms with E-state index < -0.39 is 0 Å². The number of hydrogen-bond donors (Lipinski definition) is 1. The van der Waals surface area contributed by atoms with Gasteiger partial charge in [0.1, 0.15) is 11.3 Å². The third-order valence-electron chi connectivity index (χ3n) is 9.95. The van der Waals surface area contributed by atoms with Crippen LogP contribution < -0.4 is 0 Å². The van der Waals surface area contributed by atoms with Crippen molar-refractivity contribution in [1.29, 1.82) is 0 Å². The molecule has 7 rings (SSSR count). The molecule has 266 valence electrons. The molecule has 2 heterocycles. The minimum Gasteiger partial charge on any atom is -0.507 e. The zero-order valence-corrected chi connectivity index (χ0v) is 33.4. The van der Waals surface area contributed by atoms with E-state index in [0.717, 1.165) is 44.6 Å². The molecule has 0 aliphatic rings. The zero-order valence-electron chi connectivity index (χ0n) is 31.1. The first-order chi connectivity index (χ1) is 24.2. The van der Waals surface area contributed by atoms with Gasteiger partial charge in [0.2, 0.25) is 5.89 Å². The molecule has 5 aromatic carbocycles. The second kappa shape index (κ2) is 14.0. The van der Waals surface area contributed by atoms with Crippen LogP contribution in [-0.4, -0.2) is 15.1 Å². The fraction of sp³-hybridized carbons (Fsp3) is 0.234. The summed E-state index contributed by atoms with van der Waals surface area (Å²) < 4.78 is 6.46. The minimum absolute atomic E-state index is 0.